The first-order valence-electron chi connectivity index (χ1n) is 18.2. The first-order valence-corrected chi connectivity index (χ1v) is 18.2. The first kappa shape index (κ1) is 37.1. The van der Waals surface area contributed by atoms with Crippen molar-refractivity contribution in [1.82, 2.24) is 0 Å². The van der Waals surface area contributed by atoms with E-state index in [4.69, 9.17) is 0 Å². The maximum atomic E-state index is 2.59. The van der Waals surface area contributed by atoms with Crippen LogP contribution in [0.2, 0.25) is 12.6 Å². The van der Waals surface area contributed by atoms with Crippen LogP contribution in [-0.2, 0) is 0 Å². The molecular formula is C36H74B. The maximum absolute atomic E-state index is 2.59. The van der Waals surface area contributed by atoms with Gasteiger partial charge in [-0.15, -0.1) is 0 Å². The van der Waals surface area contributed by atoms with Gasteiger partial charge in [0, 0.05) is 0 Å². The molecule has 37 heavy (non-hydrogen) atoms. The molecule has 0 spiro atoms. The molecule has 0 N–H and O–H groups in total. The van der Waals surface area contributed by atoms with E-state index in [1.807, 2.05) is 0 Å². The molecule has 0 aliphatic carbocycles. The van der Waals surface area contributed by atoms with Crippen LogP contribution >= 0.6 is 0 Å². The lowest BCUT2D eigenvalue weighted by Crippen LogP contribution is -1.90. The lowest BCUT2D eigenvalue weighted by Gasteiger charge is -2.04. The Hall–Kier alpha value is 0.0649. The Kier molecular flexibility index (Phi) is 36.1. The second-order valence-electron chi connectivity index (χ2n) is 12.5. The Labute approximate surface area is 238 Å². The van der Waals surface area contributed by atoms with Gasteiger partial charge >= 0.3 is 0 Å². The Balaban J connectivity index is 3.00. The van der Waals surface area contributed by atoms with E-state index in [1.165, 1.54) is 218 Å². The summed E-state index contributed by atoms with van der Waals surface area (Å²) < 4.78 is 0. The van der Waals surface area contributed by atoms with Gasteiger partial charge in [-0.3, -0.25) is 0 Å². The molecule has 0 aliphatic rings. The summed E-state index contributed by atoms with van der Waals surface area (Å²) >= 11 is 0. The predicted octanol–water partition coefficient (Wildman–Crippen LogP) is 14.1. The standard InChI is InChI=1S/C36H74B/c1-3-5-7-9-11-13-15-17-19-21-23-25-27-29-31-33-35-37-36-34-32-30-28-26-24-22-20-18-16-14-12-10-8-6-4-2/h3-36H2,1-2H3. The Morgan fingerprint density at radius 1 is 0.216 bits per heavy atom. The number of hydrogen-bond acceptors (Lipinski definition) is 0. The van der Waals surface area contributed by atoms with Crippen molar-refractivity contribution in [1.29, 1.82) is 0 Å². The van der Waals surface area contributed by atoms with E-state index in [9.17, 15) is 0 Å². The number of rotatable bonds is 34. The molecule has 0 fully saturated rings. The van der Waals surface area contributed by atoms with E-state index in [1.54, 1.807) is 0 Å². The molecule has 0 amide bonds. The van der Waals surface area contributed by atoms with Crippen molar-refractivity contribution in [3.63, 3.8) is 0 Å². The average Bonchev–Trinajstić information content (AvgIpc) is 2.91. The number of hydrogen-bond donors (Lipinski definition) is 0. The lowest BCUT2D eigenvalue weighted by molar-refractivity contribution is 0.531. The van der Waals surface area contributed by atoms with Gasteiger partial charge in [-0.1, -0.05) is 232 Å². The summed E-state index contributed by atoms with van der Waals surface area (Å²) in [7, 11) is 2.59. The van der Waals surface area contributed by atoms with Crippen molar-refractivity contribution in [2.24, 2.45) is 0 Å². The molecule has 0 aromatic carbocycles. The van der Waals surface area contributed by atoms with Gasteiger partial charge in [0.15, 0.2) is 0 Å². The largest absolute Gasteiger partial charge is 0.109 e. The summed E-state index contributed by atoms with van der Waals surface area (Å²) in [6.07, 6.45) is 49.8. The van der Waals surface area contributed by atoms with E-state index in [2.05, 4.69) is 21.1 Å². The zero-order valence-corrected chi connectivity index (χ0v) is 26.6. The van der Waals surface area contributed by atoms with E-state index < -0.39 is 0 Å². The van der Waals surface area contributed by atoms with Gasteiger partial charge in [-0.05, 0) is 0 Å². The third-order valence-electron chi connectivity index (χ3n) is 8.52. The third kappa shape index (κ3) is 36.1. The summed E-state index contributed by atoms with van der Waals surface area (Å²) in [6.45, 7) is 4.61. The first-order chi connectivity index (χ1) is 18.4. The summed E-state index contributed by atoms with van der Waals surface area (Å²) in [4.78, 5) is 0. The van der Waals surface area contributed by atoms with Gasteiger partial charge in [-0.2, -0.15) is 0 Å². The van der Waals surface area contributed by atoms with Crippen LogP contribution in [0.4, 0.5) is 0 Å². The second kappa shape index (κ2) is 36.1. The van der Waals surface area contributed by atoms with E-state index in [0.29, 0.717) is 0 Å². The molecule has 0 bridgehead atoms. The van der Waals surface area contributed by atoms with Crippen LogP contribution in [0.5, 0.6) is 0 Å². The van der Waals surface area contributed by atoms with E-state index >= 15 is 0 Å². The van der Waals surface area contributed by atoms with Gasteiger partial charge < -0.3 is 0 Å². The SMILES string of the molecule is CCCCCCCCCCCCCCCCCC[B]CCCCCCCCCCCCCCCCCC. The molecule has 0 unspecified atom stereocenters. The minimum atomic E-state index is 1.37. The summed E-state index contributed by atoms with van der Waals surface area (Å²) in [5.74, 6) is 0. The maximum Gasteiger partial charge on any atom is 0.109 e. The van der Waals surface area contributed by atoms with Crippen LogP contribution in [0.1, 0.15) is 219 Å². The topological polar surface area (TPSA) is 0 Å². The Bertz CT molecular complexity index is 332. The smallest absolute Gasteiger partial charge is 0.0803 e. The molecule has 0 rings (SSSR count). The fraction of sp³-hybridized carbons (Fsp3) is 1.00. The van der Waals surface area contributed by atoms with Crippen molar-refractivity contribution < 1.29 is 0 Å². The van der Waals surface area contributed by atoms with Gasteiger partial charge in [0.1, 0.15) is 7.28 Å². The van der Waals surface area contributed by atoms with Gasteiger partial charge in [0.2, 0.25) is 0 Å². The molecule has 0 aromatic rings. The molecule has 0 atom stereocenters. The minimum Gasteiger partial charge on any atom is -0.0803 e. The molecule has 0 saturated heterocycles. The molecule has 0 saturated carbocycles. The third-order valence-corrected chi connectivity index (χ3v) is 8.52. The van der Waals surface area contributed by atoms with Gasteiger partial charge in [0.05, 0.1) is 0 Å². The zero-order valence-electron chi connectivity index (χ0n) is 26.6. The molecule has 0 heterocycles. The second-order valence-corrected chi connectivity index (χ2v) is 12.5. The highest BCUT2D eigenvalue weighted by atomic mass is 14.0. The molecule has 1 heteroatoms. The number of unbranched alkanes of at least 4 members (excludes halogenated alkanes) is 30. The van der Waals surface area contributed by atoms with E-state index in [0.717, 1.165) is 0 Å². The van der Waals surface area contributed by atoms with Crippen LogP contribution < -0.4 is 0 Å². The molecule has 0 nitrogen and oxygen atoms in total. The van der Waals surface area contributed by atoms with Gasteiger partial charge in [0.25, 0.3) is 0 Å². The fourth-order valence-electron chi connectivity index (χ4n) is 5.82. The van der Waals surface area contributed by atoms with Crippen LogP contribution in [0, 0.1) is 0 Å². The monoisotopic (exact) mass is 518 g/mol. The minimum absolute atomic E-state index is 1.37. The van der Waals surface area contributed by atoms with Crippen molar-refractivity contribution in [2.75, 3.05) is 0 Å². The highest BCUT2D eigenvalue weighted by Gasteiger charge is 1.97. The normalized spacial score (nSPS) is 11.4. The fourth-order valence-corrected chi connectivity index (χ4v) is 5.82. The Morgan fingerprint density at radius 3 is 0.568 bits per heavy atom. The molecular weight excluding hydrogens is 443 g/mol. The van der Waals surface area contributed by atoms with Crippen molar-refractivity contribution in [2.45, 2.75) is 232 Å². The van der Waals surface area contributed by atoms with Crippen molar-refractivity contribution in [3.8, 4) is 0 Å². The predicted molar refractivity (Wildman–Crippen MR) is 174 cm³/mol. The van der Waals surface area contributed by atoms with Crippen molar-refractivity contribution in [3.05, 3.63) is 0 Å². The summed E-state index contributed by atoms with van der Waals surface area (Å²) in [6, 6.07) is 0. The quantitative estimate of drug-likeness (QED) is 0.0588. The zero-order chi connectivity index (χ0) is 26.7. The lowest BCUT2D eigenvalue weighted by atomic mass is 9.68. The molecule has 0 aromatic heterocycles. The summed E-state index contributed by atoms with van der Waals surface area (Å²) in [5, 5.41) is 0. The average molecular weight is 518 g/mol. The molecule has 0 aliphatic heterocycles. The highest BCUT2D eigenvalue weighted by Crippen LogP contribution is 2.16. The Morgan fingerprint density at radius 2 is 0.378 bits per heavy atom. The van der Waals surface area contributed by atoms with Gasteiger partial charge in [-0.25, -0.2) is 0 Å². The van der Waals surface area contributed by atoms with Crippen LogP contribution in [0.3, 0.4) is 0 Å². The van der Waals surface area contributed by atoms with E-state index in [-0.39, 0.29) is 0 Å². The summed E-state index contributed by atoms with van der Waals surface area (Å²) in [5.41, 5.74) is 0. The van der Waals surface area contributed by atoms with Crippen LogP contribution in [-0.4, -0.2) is 7.28 Å². The highest BCUT2D eigenvalue weighted by molar-refractivity contribution is 6.35. The van der Waals surface area contributed by atoms with Crippen LogP contribution in [0.15, 0.2) is 0 Å². The molecule has 221 valence electrons. The van der Waals surface area contributed by atoms with Crippen LogP contribution in [0.25, 0.3) is 0 Å². The molecule has 1 radical (unpaired) electrons. The van der Waals surface area contributed by atoms with Crippen molar-refractivity contribution >= 4 is 7.28 Å².